The van der Waals surface area contributed by atoms with E-state index in [-0.39, 0.29) is 5.84 Å². The number of hydrogen-bond donors (Lipinski definition) is 2. The predicted molar refractivity (Wildman–Crippen MR) is 290 cm³/mol. The second-order valence-electron chi connectivity index (χ2n) is 17.4. The Labute approximate surface area is 399 Å². The molecule has 13 aromatic rings. The Hall–Kier alpha value is -9.26. The maximum atomic E-state index is 7.84. The zero-order chi connectivity index (χ0) is 46.4. The SMILES string of the molecule is Cn1c2ccc(-n3c4ccccc4c4ccc(-c5ccccc5)cc43)cc2c2cc(-n3c4ccccc4c4ccc(-c5ccccc5)cc43)ccc21.N=C(N=C(N)c1ccccc1)c1ccccc1. The largest absolute Gasteiger partial charge is 0.383 e. The summed E-state index contributed by atoms with van der Waals surface area (Å²) in [5.41, 5.74) is 21.9. The summed E-state index contributed by atoms with van der Waals surface area (Å²) >= 11 is 0. The van der Waals surface area contributed by atoms with E-state index in [1.54, 1.807) is 0 Å². The first-order valence-electron chi connectivity index (χ1n) is 23.2. The van der Waals surface area contributed by atoms with Gasteiger partial charge < -0.3 is 19.4 Å². The fourth-order valence-electron chi connectivity index (χ4n) is 10.0. The third-order valence-corrected chi connectivity index (χ3v) is 13.4. The summed E-state index contributed by atoms with van der Waals surface area (Å²) in [6.07, 6.45) is 0. The van der Waals surface area contributed by atoms with Crippen molar-refractivity contribution in [2.45, 2.75) is 0 Å². The van der Waals surface area contributed by atoms with Crippen molar-refractivity contribution in [1.29, 1.82) is 5.41 Å². The zero-order valence-electron chi connectivity index (χ0n) is 38.0. The predicted octanol–water partition coefficient (Wildman–Crippen LogP) is 15.3. The lowest BCUT2D eigenvalue weighted by Gasteiger charge is -2.11. The van der Waals surface area contributed by atoms with Crippen molar-refractivity contribution in [2.24, 2.45) is 17.8 Å². The van der Waals surface area contributed by atoms with E-state index in [2.05, 4.69) is 208 Å². The van der Waals surface area contributed by atoms with Gasteiger partial charge >= 0.3 is 0 Å². The standard InChI is InChI=1S/C49H33N3.C14H13N3/c1-50-44-26-22-36(51-46-18-10-8-16-38(46)40-24-20-34(28-48(40)51)32-12-4-2-5-13-32)30-42(44)43-31-37(23-27-45(43)50)52-47-19-11-9-17-39(47)41-25-21-35(29-49(41)52)33-14-6-3-7-15-33;15-13(11-7-3-1-4-8-11)17-14(16)12-9-5-2-6-10-12/h2-31H,1H3;1-10H,(H3,15,16,17). The Balaban J connectivity index is 0.000000246. The second kappa shape index (κ2) is 17.2. The van der Waals surface area contributed by atoms with Crippen LogP contribution in [0.25, 0.3) is 99.0 Å². The van der Waals surface area contributed by atoms with Crippen molar-refractivity contribution in [2.75, 3.05) is 0 Å². The lowest BCUT2D eigenvalue weighted by Crippen LogP contribution is -2.15. The summed E-state index contributed by atoms with van der Waals surface area (Å²) in [6, 6.07) is 85.4. The summed E-state index contributed by atoms with van der Waals surface area (Å²) in [6.45, 7) is 0. The van der Waals surface area contributed by atoms with Crippen molar-refractivity contribution >= 4 is 77.1 Å². The van der Waals surface area contributed by atoms with Gasteiger partial charge in [-0.05, 0) is 82.9 Å². The molecule has 3 N–H and O–H groups in total. The quantitative estimate of drug-likeness (QED) is 0.127. The molecule has 0 bridgehead atoms. The third-order valence-electron chi connectivity index (χ3n) is 13.4. The second-order valence-corrected chi connectivity index (χ2v) is 17.4. The van der Waals surface area contributed by atoms with Gasteiger partial charge in [-0.1, -0.05) is 182 Å². The van der Waals surface area contributed by atoms with Crippen LogP contribution in [0.3, 0.4) is 0 Å². The van der Waals surface area contributed by atoms with Crippen LogP contribution >= 0.6 is 0 Å². The van der Waals surface area contributed by atoms with Gasteiger partial charge in [0.2, 0.25) is 0 Å². The normalized spacial score (nSPS) is 11.8. The maximum absolute atomic E-state index is 7.84. The average molecular weight is 887 g/mol. The Bertz CT molecular complexity index is 3870. The van der Waals surface area contributed by atoms with Gasteiger partial charge in [0.1, 0.15) is 5.84 Å². The summed E-state index contributed by atoms with van der Waals surface area (Å²) < 4.78 is 7.21. The third kappa shape index (κ3) is 7.32. The highest BCUT2D eigenvalue weighted by Crippen LogP contribution is 2.40. The Morgan fingerprint density at radius 1 is 0.348 bits per heavy atom. The smallest absolute Gasteiger partial charge is 0.154 e. The lowest BCUT2D eigenvalue weighted by molar-refractivity contribution is 1.01. The van der Waals surface area contributed by atoms with Gasteiger partial charge in [0, 0.05) is 72.9 Å². The van der Waals surface area contributed by atoms with Crippen LogP contribution in [0.2, 0.25) is 0 Å². The number of aryl methyl sites for hydroxylation is 1. The van der Waals surface area contributed by atoms with E-state index in [0.717, 1.165) is 22.5 Å². The molecule has 0 spiro atoms. The average Bonchev–Trinajstić information content (AvgIpc) is 4.03. The van der Waals surface area contributed by atoms with Gasteiger partial charge in [-0.15, -0.1) is 0 Å². The number of aliphatic imine (C=N–C) groups is 1. The molecule has 0 fully saturated rings. The summed E-state index contributed by atoms with van der Waals surface area (Å²) in [5, 5.41) is 15.4. The van der Waals surface area contributed by atoms with Crippen LogP contribution in [0.4, 0.5) is 0 Å². The highest BCUT2D eigenvalue weighted by Gasteiger charge is 2.18. The van der Waals surface area contributed by atoms with Crippen LogP contribution in [-0.2, 0) is 7.05 Å². The highest BCUT2D eigenvalue weighted by molar-refractivity contribution is 6.14. The first-order valence-corrected chi connectivity index (χ1v) is 23.2. The Morgan fingerprint density at radius 3 is 1.20 bits per heavy atom. The first-order chi connectivity index (χ1) is 34.0. The number of aromatic nitrogens is 3. The van der Waals surface area contributed by atoms with E-state index in [1.807, 2.05) is 60.7 Å². The summed E-state index contributed by atoms with van der Waals surface area (Å²) in [4.78, 5) is 4.10. The number of para-hydroxylation sites is 2. The first kappa shape index (κ1) is 41.2. The van der Waals surface area contributed by atoms with Crippen LogP contribution in [-0.4, -0.2) is 25.4 Å². The van der Waals surface area contributed by atoms with E-state index in [0.29, 0.717) is 5.84 Å². The molecule has 13 rings (SSSR count). The fourth-order valence-corrected chi connectivity index (χ4v) is 10.0. The van der Waals surface area contributed by atoms with Crippen LogP contribution in [0.5, 0.6) is 0 Å². The molecule has 0 saturated carbocycles. The highest BCUT2D eigenvalue weighted by atomic mass is 15.0. The molecule has 0 atom stereocenters. The number of hydrogen-bond acceptors (Lipinski definition) is 1. The van der Waals surface area contributed by atoms with Crippen LogP contribution < -0.4 is 5.73 Å². The molecule has 0 radical (unpaired) electrons. The molecule has 0 saturated heterocycles. The van der Waals surface area contributed by atoms with Gasteiger partial charge in [0.15, 0.2) is 5.84 Å². The van der Waals surface area contributed by atoms with Gasteiger partial charge in [-0.3, -0.25) is 5.41 Å². The van der Waals surface area contributed by atoms with Crippen molar-refractivity contribution in [3.63, 3.8) is 0 Å². The molecule has 69 heavy (non-hydrogen) atoms. The molecular formula is C63H46N6. The number of rotatable bonds is 6. The molecule has 0 aliphatic rings. The molecule has 6 heteroatoms. The molecule has 3 heterocycles. The van der Waals surface area contributed by atoms with Crippen LogP contribution in [0, 0.1) is 5.41 Å². The molecule has 6 nitrogen and oxygen atoms in total. The van der Waals surface area contributed by atoms with Crippen molar-refractivity contribution in [1.82, 2.24) is 13.7 Å². The number of nitrogens with zero attached hydrogens (tertiary/aromatic N) is 4. The van der Waals surface area contributed by atoms with E-state index in [1.165, 1.54) is 87.7 Å². The van der Waals surface area contributed by atoms with Gasteiger partial charge in [-0.2, -0.15) is 0 Å². The van der Waals surface area contributed by atoms with Gasteiger partial charge in [-0.25, -0.2) is 4.99 Å². The van der Waals surface area contributed by atoms with Crippen molar-refractivity contribution < 1.29 is 0 Å². The fraction of sp³-hybridized carbons (Fsp3) is 0.0159. The number of fused-ring (bicyclic) bond motifs is 9. The number of benzene rings is 10. The zero-order valence-corrected chi connectivity index (χ0v) is 38.0. The van der Waals surface area contributed by atoms with E-state index >= 15 is 0 Å². The molecule has 0 aliphatic heterocycles. The minimum Gasteiger partial charge on any atom is -0.383 e. The van der Waals surface area contributed by atoms with Crippen LogP contribution in [0.15, 0.2) is 248 Å². The van der Waals surface area contributed by atoms with Crippen molar-refractivity contribution in [3.8, 4) is 33.6 Å². The van der Waals surface area contributed by atoms with Crippen LogP contribution in [0.1, 0.15) is 11.1 Å². The molecule has 3 aromatic heterocycles. The van der Waals surface area contributed by atoms with E-state index in [4.69, 9.17) is 11.1 Å². The van der Waals surface area contributed by atoms with Crippen molar-refractivity contribution in [3.05, 3.63) is 254 Å². The van der Waals surface area contributed by atoms with Gasteiger partial charge in [0.05, 0.1) is 22.1 Å². The lowest BCUT2D eigenvalue weighted by atomic mass is 10.0. The maximum Gasteiger partial charge on any atom is 0.154 e. The molecular weight excluding hydrogens is 841 g/mol. The van der Waals surface area contributed by atoms with E-state index < -0.39 is 0 Å². The number of nitrogens with one attached hydrogen (secondary N) is 1. The number of nitrogens with two attached hydrogens (primary N) is 1. The summed E-state index contributed by atoms with van der Waals surface area (Å²) in [5.74, 6) is 0.534. The minimum atomic E-state index is 0.173. The van der Waals surface area contributed by atoms with Gasteiger partial charge in [0.25, 0.3) is 0 Å². The number of amidine groups is 2. The topological polar surface area (TPSA) is 77.0 Å². The molecule has 0 aliphatic carbocycles. The molecule has 0 unspecified atom stereocenters. The Kier molecular flexibility index (Phi) is 10.3. The summed E-state index contributed by atoms with van der Waals surface area (Å²) in [7, 11) is 2.18. The molecule has 0 amide bonds. The van der Waals surface area contributed by atoms with E-state index in [9.17, 15) is 0 Å². The molecule has 328 valence electrons. The Morgan fingerprint density at radius 2 is 0.739 bits per heavy atom. The minimum absolute atomic E-state index is 0.173. The molecule has 10 aromatic carbocycles. The monoisotopic (exact) mass is 886 g/mol.